The second kappa shape index (κ2) is 6.50. The Kier molecular flexibility index (Phi) is 4.96. The molecular weight excluding hydrogens is 258 g/mol. The highest BCUT2D eigenvalue weighted by atomic mass is 32.1. The highest BCUT2D eigenvalue weighted by Gasteiger charge is 2.29. The fourth-order valence-corrected chi connectivity index (χ4v) is 3.18. The summed E-state index contributed by atoms with van der Waals surface area (Å²) in [5.74, 6) is 0.779. The van der Waals surface area contributed by atoms with E-state index in [4.69, 9.17) is 0 Å². The summed E-state index contributed by atoms with van der Waals surface area (Å²) in [6, 6.07) is 4.44. The minimum atomic E-state index is 0.104. The van der Waals surface area contributed by atoms with Crippen molar-refractivity contribution in [3.8, 4) is 0 Å². The smallest absolute Gasteiger partial charge is 0.223 e. The molecule has 1 aromatic rings. The third-order valence-electron chi connectivity index (χ3n) is 3.90. The van der Waals surface area contributed by atoms with Gasteiger partial charge >= 0.3 is 0 Å². The van der Waals surface area contributed by atoms with Gasteiger partial charge in [0.2, 0.25) is 5.91 Å². The quantitative estimate of drug-likeness (QED) is 0.826. The molecule has 0 aliphatic carbocycles. The van der Waals surface area contributed by atoms with E-state index in [0.717, 1.165) is 13.1 Å². The predicted molar refractivity (Wildman–Crippen MR) is 79.3 cm³/mol. The number of hydrogen-bond acceptors (Lipinski definition) is 4. The number of carbonyl (C=O) groups excluding carboxylic acids is 1. The summed E-state index contributed by atoms with van der Waals surface area (Å²) in [7, 11) is 4.10. The number of hydrogen-bond donors (Lipinski definition) is 2. The molecule has 2 N–H and O–H groups in total. The van der Waals surface area contributed by atoms with Crippen LogP contribution in [0.4, 0.5) is 0 Å². The van der Waals surface area contributed by atoms with Gasteiger partial charge in [-0.05, 0) is 44.5 Å². The molecule has 106 valence electrons. The Morgan fingerprint density at radius 2 is 2.32 bits per heavy atom. The molecule has 1 aliphatic heterocycles. The molecule has 2 unspecified atom stereocenters. The van der Waals surface area contributed by atoms with Gasteiger partial charge in [-0.1, -0.05) is 13.0 Å². The molecule has 2 rings (SSSR count). The molecular formula is C14H23N3OS. The number of rotatable bonds is 6. The first kappa shape index (κ1) is 14.5. The Morgan fingerprint density at radius 1 is 1.58 bits per heavy atom. The lowest BCUT2D eigenvalue weighted by Crippen LogP contribution is -2.50. The monoisotopic (exact) mass is 281 g/mol. The number of likely N-dealkylation sites (N-methyl/N-ethyl adjacent to an activating group) is 1. The van der Waals surface area contributed by atoms with Gasteiger partial charge < -0.3 is 15.5 Å². The molecule has 4 nitrogen and oxygen atoms in total. The zero-order chi connectivity index (χ0) is 13.8. The van der Waals surface area contributed by atoms with E-state index in [1.54, 1.807) is 11.3 Å². The van der Waals surface area contributed by atoms with Crippen molar-refractivity contribution in [2.45, 2.75) is 13.0 Å². The second-order valence-electron chi connectivity index (χ2n) is 5.45. The average molecular weight is 281 g/mol. The Balaban J connectivity index is 1.86. The molecule has 0 bridgehead atoms. The van der Waals surface area contributed by atoms with Gasteiger partial charge in [0, 0.05) is 17.3 Å². The third kappa shape index (κ3) is 3.55. The molecule has 0 radical (unpaired) electrons. The van der Waals surface area contributed by atoms with Crippen molar-refractivity contribution in [1.29, 1.82) is 0 Å². The first-order valence-electron chi connectivity index (χ1n) is 6.78. The fraction of sp³-hybridized carbons (Fsp3) is 0.643. The Labute approximate surface area is 119 Å². The molecule has 1 amide bonds. The van der Waals surface area contributed by atoms with E-state index >= 15 is 0 Å². The Hall–Kier alpha value is -0.910. The molecule has 2 atom stereocenters. The summed E-state index contributed by atoms with van der Waals surface area (Å²) in [6.45, 7) is 4.64. The maximum atomic E-state index is 12.1. The van der Waals surface area contributed by atoms with E-state index in [1.807, 2.05) is 6.92 Å². The van der Waals surface area contributed by atoms with Crippen molar-refractivity contribution in [1.82, 2.24) is 15.5 Å². The SMILES string of the molecule is CC(C(=O)NCC(c1cccs1)N(C)C)C1CNC1. The maximum absolute atomic E-state index is 12.1. The first-order valence-corrected chi connectivity index (χ1v) is 7.66. The van der Waals surface area contributed by atoms with Gasteiger partial charge in [-0.3, -0.25) is 4.79 Å². The molecule has 5 heteroatoms. The normalized spacial score (nSPS) is 18.9. The minimum absolute atomic E-state index is 0.104. The van der Waals surface area contributed by atoms with Gasteiger partial charge in [-0.2, -0.15) is 0 Å². The van der Waals surface area contributed by atoms with Gasteiger partial charge in [0.25, 0.3) is 0 Å². The van der Waals surface area contributed by atoms with Crippen LogP contribution in [0.3, 0.4) is 0 Å². The van der Waals surface area contributed by atoms with Crippen LogP contribution in [0.25, 0.3) is 0 Å². The van der Waals surface area contributed by atoms with Crippen molar-refractivity contribution in [3.63, 3.8) is 0 Å². The number of thiophene rings is 1. The summed E-state index contributed by atoms with van der Waals surface area (Å²) in [4.78, 5) is 15.6. The van der Waals surface area contributed by atoms with E-state index in [9.17, 15) is 4.79 Å². The minimum Gasteiger partial charge on any atom is -0.354 e. The highest BCUT2D eigenvalue weighted by molar-refractivity contribution is 7.10. The summed E-state index contributed by atoms with van der Waals surface area (Å²) >= 11 is 1.74. The van der Waals surface area contributed by atoms with Crippen LogP contribution in [-0.4, -0.2) is 44.5 Å². The molecule has 0 saturated carbocycles. The average Bonchev–Trinajstić information content (AvgIpc) is 2.79. The molecule has 2 heterocycles. The third-order valence-corrected chi connectivity index (χ3v) is 4.87. The van der Waals surface area contributed by atoms with Crippen LogP contribution in [0.5, 0.6) is 0 Å². The van der Waals surface area contributed by atoms with Crippen molar-refractivity contribution in [2.75, 3.05) is 33.7 Å². The topological polar surface area (TPSA) is 44.4 Å². The van der Waals surface area contributed by atoms with Gasteiger partial charge in [0.1, 0.15) is 0 Å². The van der Waals surface area contributed by atoms with Crippen LogP contribution < -0.4 is 10.6 Å². The van der Waals surface area contributed by atoms with Crippen LogP contribution in [0.15, 0.2) is 17.5 Å². The Bertz CT molecular complexity index is 401. The molecule has 0 spiro atoms. The van der Waals surface area contributed by atoms with Crippen LogP contribution in [0, 0.1) is 11.8 Å². The summed E-state index contributed by atoms with van der Waals surface area (Å²) < 4.78 is 0. The molecule has 0 aromatic carbocycles. The predicted octanol–water partition coefficient (Wildman–Crippen LogP) is 1.32. The fourth-order valence-electron chi connectivity index (χ4n) is 2.26. The van der Waals surface area contributed by atoms with Crippen LogP contribution >= 0.6 is 11.3 Å². The Morgan fingerprint density at radius 3 is 2.79 bits per heavy atom. The van der Waals surface area contributed by atoms with Crippen LogP contribution in [0.1, 0.15) is 17.8 Å². The maximum Gasteiger partial charge on any atom is 0.223 e. The zero-order valence-corrected chi connectivity index (χ0v) is 12.7. The molecule has 1 saturated heterocycles. The lowest BCUT2D eigenvalue weighted by Gasteiger charge is -2.32. The van der Waals surface area contributed by atoms with E-state index < -0.39 is 0 Å². The number of nitrogens with one attached hydrogen (secondary N) is 2. The first-order chi connectivity index (χ1) is 9.09. The van der Waals surface area contributed by atoms with E-state index in [0.29, 0.717) is 12.5 Å². The van der Waals surface area contributed by atoms with Crippen LogP contribution in [0.2, 0.25) is 0 Å². The van der Waals surface area contributed by atoms with Crippen molar-refractivity contribution >= 4 is 17.2 Å². The zero-order valence-electron chi connectivity index (χ0n) is 11.8. The lowest BCUT2D eigenvalue weighted by atomic mass is 9.88. The molecule has 1 fully saturated rings. The van der Waals surface area contributed by atoms with Gasteiger partial charge in [-0.15, -0.1) is 11.3 Å². The van der Waals surface area contributed by atoms with Gasteiger partial charge in [0.05, 0.1) is 6.04 Å². The number of nitrogens with zero attached hydrogens (tertiary/aromatic N) is 1. The second-order valence-corrected chi connectivity index (χ2v) is 6.43. The van der Waals surface area contributed by atoms with E-state index in [1.165, 1.54) is 4.88 Å². The van der Waals surface area contributed by atoms with E-state index in [2.05, 4.69) is 47.1 Å². The van der Waals surface area contributed by atoms with Crippen molar-refractivity contribution in [2.24, 2.45) is 11.8 Å². The molecule has 1 aromatic heterocycles. The molecule has 19 heavy (non-hydrogen) atoms. The van der Waals surface area contributed by atoms with E-state index in [-0.39, 0.29) is 17.9 Å². The van der Waals surface area contributed by atoms with Crippen molar-refractivity contribution < 1.29 is 4.79 Å². The largest absolute Gasteiger partial charge is 0.354 e. The lowest BCUT2D eigenvalue weighted by molar-refractivity contribution is -0.126. The van der Waals surface area contributed by atoms with Gasteiger partial charge in [0.15, 0.2) is 0 Å². The summed E-state index contributed by atoms with van der Waals surface area (Å²) in [5, 5.41) is 8.40. The van der Waals surface area contributed by atoms with Gasteiger partial charge in [-0.25, -0.2) is 0 Å². The standard InChI is InChI=1S/C14H23N3OS/c1-10(11-7-15-8-11)14(18)16-9-12(17(2)3)13-5-4-6-19-13/h4-6,10-12,15H,7-9H2,1-3H3,(H,16,18). The van der Waals surface area contributed by atoms with Crippen molar-refractivity contribution in [3.05, 3.63) is 22.4 Å². The summed E-state index contributed by atoms with van der Waals surface area (Å²) in [5.41, 5.74) is 0. The number of amides is 1. The highest BCUT2D eigenvalue weighted by Crippen LogP contribution is 2.23. The summed E-state index contributed by atoms with van der Waals surface area (Å²) in [6.07, 6.45) is 0. The molecule has 1 aliphatic rings. The van der Waals surface area contributed by atoms with Crippen LogP contribution in [-0.2, 0) is 4.79 Å². The number of carbonyl (C=O) groups is 1.